The lowest BCUT2D eigenvalue weighted by molar-refractivity contribution is -0.116. The third-order valence-corrected chi connectivity index (χ3v) is 2.61. The van der Waals surface area contributed by atoms with E-state index in [1.54, 1.807) is 19.1 Å². The van der Waals surface area contributed by atoms with E-state index in [0.717, 1.165) is 24.4 Å². The van der Waals surface area contributed by atoms with E-state index in [1.165, 1.54) is 0 Å². The third-order valence-electron chi connectivity index (χ3n) is 2.61. The summed E-state index contributed by atoms with van der Waals surface area (Å²) >= 11 is 0. The number of nitrogens with zero attached hydrogens (tertiary/aromatic N) is 1. The fourth-order valence-electron chi connectivity index (χ4n) is 1.75. The van der Waals surface area contributed by atoms with Crippen LogP contribution in [0.2, 0.25) is 0 Å². The molecule has 1 rings (SSSR count). The maximum atomic E-state index is 11.1. The van der Waals surface area contributed by atoms with Gasteiger partial charge in [-0.2, -0.15) is 0 Å². The first kappa shape index (κ1) is 13.5. The van der Waals surface area contributed by atoms with Gasteiger partial charge in [-0.25, -0.2) is 0 Å². The van der Waals surface area contributed by atoms with E-state index in [2.05, 4.69) is 18.1 Å². The maximum absolute atomic E-state index is 11.1. The van der Waals surface area contributed by atoms with Crippen LogP contribution in [0.5, 0.6) is 0 Å². The Morgan fingerprint density at radius 3 is 2.53 bits per heavy atom. The van der Waals surface area contributed by atoms with Crippen LogP contribution in [0.1, 0.15) is 13.3 Å². The van der Waals surface area contributed by atoms with Crippen molar-refractivity contribution in [3.8, 4) is 0 Å². The SMILES string of the molecule is C=C/C=C(\C=C(/C=C)CC(C)=O)N1CC(N)C1. The molecule has 0 aromatic carbocycles. The summed E-state index contributed by atoms with van der Waals surface area (Å²) < 4.78 is 0. The quantitative estimate of drug-likeness (QED) is 0.710. The van der Waals surface area contributed by atoms with Crippen LogP contribution < -0.4 is 5.73 Å². The predicted octanol–water partition coefficient (Wildman–Crippen LogP) is 1.79. The molecule has 1 fully saturated rings. The summed E-state index contributed by atoms with van der Waals surface area (Å²) in [6.07, 6.45) is 7.78. The first-order chi connectivity index (χ1) is 8.06. The van der Waals surface area contributed by atoms with Gasteiger partial charge in [-0.3, -0.25) is 4.79 Å². The normalized spacial score (nSPS) is 17.6. The first-order valence-electron chi connectivity index (χ1n) is 5.72. The van der Waals surface area contributed by atoms with Gasteiger partial charge in [0, 0.05) is 31.2 Å². The van der Waals surface area contributed by atoms with Crippen molar-refractivity contribution in [2.45, 2.75) is 19.4 Å². The van der Waals surface area contributed by atoms with Gasteiger partial charge in [-0.05, 0) is 24.6 Å². The number of rotatable bonds is 6. The third kappa shape index (κ3) is 4.04. The molecule has 1 aliphatic heterocycles. The van der Waals surface area contributed by atoms with Gasteiger partial charge in [0.15, 0.2) is 0 Å². The molecule has 1 saturated heterocycles. The second kappa shape index (κ2) is 6.21. The van der Waals surface area contributed by atoms with Crippen LogP contribution in [-0.4, -0.2) is 29.8 Å². The maximum Gasteiger partial charge on any atom is 0.134 e. The van der Waals surface area contributed by atoms with Crippen molar-refractivity contribution in [1.82, 2.24) is 4.90 Å². The van der Waals surface area contributed by atoms with Crippen LogP contribution >= 0.6 is 0 Å². The number of hydrogen-bond donors (Lipinski definition) is 1. The molecule has 0 saturated carbocycles. The Morgan fingerprint density at radius 2 is 2.12 bits per heavy atom. The molecule has 0 aromatic heterocycles. The molecule has 0 aromatic rings. The van der Waals surface area contributed by atoms with Gasteiger partial charge in [-0.15, -0.1) is 0 Å². The molecule has 1 aliphatic rings. The number of allylic oxidation sites excluding steroid dienone is 5. The highest BCUT2D eigenvalue weighted by molar-refractivity contribution is 5.78. The Balaban J connectivity index is 2.80. The van der Waals surface area contributed by atoms with Crippen LogP contribution in [0.3, 0.4) is 0 Å². The molecule has 2 N–H and O–H groups in total. The fourth-order valence-corrected chi connectivity index (χ4v) is 1.75. The van der Waals surface area contributed by atoms with E-state index in [0.29, 0.717) is 6.42 Å². The van der Waals surface area contributed by atoms with Crippen LogP contribution in [0, 0.1) is 0 Å². The molecule has 0 aliphatic carbocycles. The zero-order valence-electron chi connectivity index (χ0n) is 10.4. The minimum atomic E-state index is 0.134. The molecular weight excluding hydrogens is 212 g/mol. The van der Waals surface area contributed by atoms with Crippen molar-refractivity contribution >= 4 is 5.78 Å². The Labute approximate surface area is 103 Å². The van der Waals surface area contributed by atoms with E-state index in [4.69, 9.17) is 5.73 Å². The average molecular weight is 232 g/mol. The Hall–Kier alpha value is -1.61. The highest BCUT2D eigenvalue weighted by Gasteiger charge is 2.23. The average Bonchev–Trinajstić information content (AvgIpc) is 2.22. The zero-order valence-corrected chi connectivity index (χ0v) is 10.4. The molecule has 0 radical (unpaired) electrons. The van der Waals surface area contributed by atoms with Crippen molar-refractivity contribution < 1.29 is 4.79 Å². The van der Waals surface area contributed by atoms with Crippen molar-refractivity contribution in [2.24, 2.45) is 5.73 Å². The highest BCUT2D eigenvalue weighted by atomic mass is 16.1. The predicted molar refractivity (Wildman–Crippen MR) is 71.4 cm³/mol. The Morgan fingerprint density at radius 1 is 1.47 bits per heavy atom. The number of carbonyl (C=O) groups excluding carboxylic acids is 1. The topological polar surface area (TPSA) is 46.3 Å². The van der Waals surface area contributed by atoms with Gasteiger partial charge in [0.05, 0.1) is 0 Å². The van der Waals surface area contributed by atoms with E-state index in [-0.39, 0.29) is 11.8 Å². The van der Waals surface area contributed by atoms with Crippen molar-refractivity contribution in [1.29, 1.82) is 0 Å². The van der Waals surface area contributed by atoms with Gasteiger partial charge in [0.2, 0.25) is 0 Å². The van der Waals surface area contributed by atoms with E-state index in [1.807, 2.05) is 12.2 Å². The van der Waals surface area contributed by atoms with Crippen molar-refractivity contribution in [2.75, 3.05) is 13.1 Å². The standard InChI is InChI=1S/C14H20N2O/c1-4-6-14(16-9-13(15)10-16)8-12(5-2)7-11(3)17/h4-6,8,13H,1-2,7,9-10,15H2,3H3/b12-8+,14-6+. The summed E-state index contributed by atoms with van der Waals surface area (Å²) in [7, 11) is 0. The number of nitrogens with two attached hydrogens (primary N) is 1. The number of likely N-dealkylation sites (tertiary alicyclic amines) is 1. The second-order valence-electron chi connectivity index (χ2n) is 4.29. The van der Waals surface area contributed by atoms with Gasteiger partial charge < -0.3 is 10.6 Å². The Bertz CT molecular complexity index is 374. The van der Waals surface area contributed by atoms with E-state index >= 15 is 0 Å². The zero-order chi connectivity index (χ0) is 12.8. The summed E-state index contributed by atoms with van der Waals surface area (Å²) in [6, 6.07) is 0.247. The molecule has 1 heterocycles. The summed E-state index contributed by atoms with van der Waals surface area (Å²) in [5.74, 6) is 0.134. The van der Waals surface area contributed by atoms with E-state index in [9.17, 15) is 4.79 Å². The Kier molecular flexibility index (Phi) is 4.91. The molecule has 0 bridgehead atoms. The van der Waals surface area contributed by atoms with E-state index < -0.39 is 0 Å². The van der Waals surface area contributed by atoms with Crippen LogP contribution in [0.4, 0.5) is 0 Å². The number of Topliss-reactive ketones (excluding diaryl/α,β-unsaturated/α-hetero) is 1. The van der Waals surface area contributed by atoms with Gasteiger partial charge in [0.1, 0.15) is 5.78 Å². The molecule has 17 heavy (non-hydrogen) atoms. The molecule has 0 atom stereocenters. The number of hydrogen-bond acceptors (Lipinski definition) is 3. The fraction of sp³-hybridized carbons (Fsp3) is 0.357. The largest absolute Gasteiger partial charge is 0.368 e. The van der Waals surface area contributed by atoms with Crippen molar-refractivity contribution in [3.05, 3.63) is 48.7 Å². The van der Waals surface area contributed by atoms with Crippen LogP contribution in [-0.2, 0) is 4.79 Å². The molecule has 0 unspecified atom stereocenters. The first-order valence-corrected chi connectivity index (χ1v) is 5.72. The van der Waals surface area contributed by atoms with Gasteiger partial charge in [-0.1, -0.05) is 25.3 Å². The molecule has 3 heteroatoms. The minimum Gasteiger partial charge on any atom is -0.368 e. The lowest BCUT2D eigenvalue weighted by Crippen LogP contribution is -2.54. The summed E-state index contributed by atoms with van der Waals surface area (Å²) in [5.41, 5.74) is 7.72. The smallest absolute Gasteiger partial charge is 0.134 e. The van der Waals surface area contributed by atoms with Crippen LogP contribution in [0.15, 0.2) is 48.7 Å². The monoisotopic (exact) mass is 232 g/mol. The summed E-state index contributed by atoms with van der Waals surface area (Å²) in [5, 5.41) is 0. The van der Waals surface area contributed by atoms with Gasteiger partial charge >= 0.3 is 0 Å². The summed E-state index contributed by atoms with van der Waals surface area (Å²) in [4.78, 5) is 13.3. The van der Waals surface area contributed by atoms with Crippen LogP contribution in [0.25, 0.3) is 0 Å². The van der Waals surface area contributed by atoms with Crippen molar-refractivity contribution in [3.63, 3.8) is 0 Å². The minimum absolute atomic E-state index is 0.134. The lowest BCUT2D eigenvalue weighted by atomic mass is 10.0. The molecular formula is C14H20N2O. The summed E-state index contributed by atoms with van der Waals surface area (Å²) in [6.45, 7) is 10.7. The molecule has 92 valence electrons. The highest BCUT2D eigenvalue weighted by Crippen LogP contribution is 2.18. The number of ketones is 1. The lowest BCUT2D eigenvalue weighted by Gasteiger charge is -2.39. The molecule has 0 spiro atoms. The molecule has 3 nitrogen and oxygen atoms in total. The second-order valence-corrected chi connectivity index (χ2v) is 4.29. The van der Waals surface area contributed by atoms with Gasteiger partial charge in [0.25, 0.3) is 0 Å². The molecule has 0 amide bonds. The number of carbonyl (C=O) groups is 1.